The number of halogens is 1. The first kappa shape index (κ1) is 17.6. The number of rotatable bonds is 2. The van der Waals surface area contributed by atoms with Crippen LogP contribution in [0.15, 0.2) is 0 Å². The number of carbonyl (C=O) groups is 2. The lowest BCUT2D eigenvalue weighted by Crippen LogP contribution is -2.43. The third-order valence-electron chi connectivity index (χ3n) is 3.71. The van der Waals surface area contributed by atoms with Crippen LogP contribution in [0.5, 0.6) is 0 Å². The zero-order valence-electron chi connectivity index (χ0n) is 12.0. The largest absolute Gasteiger partial charge is 0.341 e. The Morgan fingerprint density at radius 2 is 1.90 bits per heavy atom. The highest BCUT2D eigenvalue weighted by Crippen LogP contribution is 2.12. The second-order valence-electron chi connectivity index (χ2n) is 5.17. The molecular formula is C13H24ClN3O2S. The molecule has 1 N–H and O–H groups in total. The SMILES string of the molecule is CC(=O)N1CCCN(C(=O)CC2CSCCN2)CC1.Cl. The van der Waals surface area contributed by atoms with Gasteiger partial charge in [-0.2, -0.15) is 11.8 Å². The number of hydrogen-bond acceptors (Lipinski definition) is 4. The van der Waals surface area contributed by atoms with Crippen LogP contribution >= 0.6 is 24.2 Å². The average molecular weight is 322 g/mol. The standard InChI is InChI=1S/C13H23N3O2S.ClH/c1-11(17)15-4-2-5-16(7-6-15)13(18)9-12-10-19-8-3-14-12;/h12,14H,2-10H2,1H3;1H. The Kier molecular flexibility index (Phi) is 7.69. The van der Waals surface area contributed by atoms with Crippen molar-refractivity contribution in [1.82, 2.24) is 15.1 Å². The second-order valence-corrected chi connectivity index (χ2v) is 6.32. The van der Waals surface area contributed by atoms with E-state index in [0.29, 0.717) is 25.6 Å². The maximum atomic E-state index is 12.3. The zero-order valence-corrected chi connectivity index (χ0v) is 13.6. The summed E-state index contributed by atoms with van der Waals surface area (Å²) >= 11 is 1.91. The van der Waals surface area contributed by atoms with Crippen molar-refractivity contribution in [2.75, 3.05) is 44.2 Å². The minimum absolute atomic E-state index is 0. The monoisotopic (exact) mass is 321 g/mol. The van der Waals surface area contributed by atoms with E-state index >= 15 is 0 Å². The molecule has 0 saturated carbocycles. The van der Waals surface area contributed by atoms with Gasteiger partial charge in [0.1, 0.15) is 0 Å². The molecule has 0 spiro atoms. The van der Waals surface area contributed by atoms with Gasteiger partial charge in [0.25, 0.3) is 0 Å². The molecule has 2 aliphatic rings. The molecule has 1 unspecified atom stereocenters. The van der Waals surface area contributed by atoms with Crippen molar-refractivity contribution in [3.05, 3.63) is 0 Å². The molecule has 2 fully saturated rings. The predicted octanol–water partition coefficient (Wildman–Crippen LogP) is 0.584. The molecule has 20 heavy (non-hydrogen) atoms. The highest BCUT2D eigenvalue weighted by atomic mass is 35.5. The van der Waals surface area contributed by atoms with Gasteiger partial charge in [-0.25, -0.2) is 0 Å². The van der Waals surface area contributed by atoms with Crippen molar-refractivity contribution in [1.29, 1.82) is 0 Å². The quantitative estimate of drug-likeness (QED) is 0.808. The van der Waals surface area contributed by atoms with E-state index in [9.17, 15) is 9.59 Å². The smallest absolute Gasteiger partial charge is 0.224 e. The molecule has 0 aromatic rings. The summed E-state index contributed by atoms with van der Waals surface area (Å²) in [5.74, 6) is 2.51. The Morgan fingerprint density at radius 3 is 2.55 bits per heavy atom. The molecule has 1 atom stereocenters. The molecule has 0 aromatic heterocycles. The first-order chi connectivity index (χ1) is 9.16. The number of hydrogen-bond donors (Lipinski definition) is 1. The number of nitrogens with zero attached hydrogens (tertiary/aromatic N) is 2. The molecule has 0 bridgehead atoms. The van der Waals surface area contributed by atoms with Crippen molar-refractivity contribution in [3.63, 3.8) is 0 Å². The van der Waals surface area contributed by atoms with Gasteiger partial charge in [-0.1, -0.05) is 0 Å². The Bertz CT molecular complexity index is 338. The van der Waals surface area contributed by atoms with E-state index in [4.69, 9.17) is 0 Å². The van der Waals surface area contributed by atoms with Gasteiger partial charge >= 0.3 is 0 Å². The van der Waals surface area contributed by atoms with Crippen LogP contribution in [0.2, 0.25) is 0 Å². The topological polar surface area (TPSA) is 52.7 Å². The molecule has 0 aliphatic carbocycles. The highest BCUT2D eigenvalue weighted by molar-refractivity contribution is 7.99. The molecule has 116 valence electrons. The van der Waals surface area contributed by atoms with E-state index < -0.39 is 0 Å². The average Bonchev–Trinajstić information content (AvgIpc) is 2.65. The highest BCUT2D eigenvalue weighted by Gasteiger charge is 2.23. The fourth-order valence-corrected chi connectivity index (χ4v) is 3.52. The predicted molar refractivity (Wildman–Crippen MR) is 84.4 cm³/mol. The molecule has 2 aliphatic heterocycles. The lowest BCUT2D eigenvalue weighted by molar-refractivity contribution is -0.132. The normalized spacial score (nSPS) is 23.8. The van der Waals surface area contributed by atoms with Gasteiger partial charge in [0.15, 0.2) is 0 Å². The van der Waals surface area contributed by atoms with E-state index in [0.717, 1.165) is 37.6 Å². The van der Waals surface area contributed by atoms with Crippen LogP contribution in [0, 0.1) is 0 Å². The van der Waals surface area contributed by atoms with E-state index in [2.05, 4.69) is 5.32 Å². The van der Waals surface area contributed by atoms with Crippen molar-refractivity contribution in [2.24, 2.45) is 0 Å². The van der Waals surface area contributed by atoms with Crippen molar-refractivity contribution in [2.45, 2.75) is 25.8 Å². The molecular weight excluding hydrogens is 298 g/mol. The van der Waals surface area contributed by atoms with Gasteiger partial charge in [-0.3, -0.25) is 9.59 Å². The van der Waals surface area contributed by atoms with Crippen LogP contribution in [0.3, 0.4) is 0 Å². The van der Waals surface area contributed by atoms with Crippen LogP contribution < -0.4 is 5.32 Å². The molecule has 2 heterocycles. The van der Waals surface area contributed by atoms with E-state index in [1.54, 1.807) is 6.92 Å². The molecule has 7 heteroatoms. The Balaban J connectivity index is 0.00000200. The second kappa shape index (κ2) is 8.74. The maximum absolute atomic E-state index is 12.3. The van der Waals surface area contributed by atoms with Crippen molar-refractivity contribution in [3.8, 4) is 0 Å². The van der Waals surface area contributed by atoms with Crippen LogP contribution in [0.1, 0.15) is 19.8 Å². The summed E-state index contributed by atoms with van der Waals surface area (Å²) in [6.45, 7) is 5.51. The number of carbonyl (C=O) groups excluding carboxylic acids is 2. The Labute approximate surface area is 131 Å². The van der Waals surface area contributed by atoms with Crippen LogP contribution in [0.25, 0.3) is 0 Å². The number of amides is 2. The molecule has 2 amide bonds. The lowest BCUT2D eigenvalue weighted by Gasteiger charge is -2.26. The zero-order chi connectivity index (χ0) is 13.7. The van der Waals surface area contributed by atoms with Gasteiger partial charge in [0.05, 0.1) is 0 Å². The molecule has 2 rings (SSSR count). The van der Waals surface area contributed by atoms with Gasteiger partial charge < -0.3 is 15.1 Å². The fraction of sp³-hybridized carbons (Fsp3) is 0.846. The van der Waals surface area contributed by atoms with Gasteiger partial charge in [0, 0.05) is 63.6 Å². The molecule has 0 radical (unpaired) electrons. The fourth-order valence-electron chi connectivity index (χ4n) is 2.57. The lowest BCUT2D eigenvalue weighted by atomic mass is 10.2. The van der Waals surface area contributed by atoms with Crippen LogP contribution in [0.4, 0.5) is 0 Å². The van der Waals surface area contributed by atoms with Gasteiger partial charge in [-0.15, -0.1) is 12.4 Å². The summed E-state index contributed by atoms with van der Waals surface area (Å²) in [6, 6.07) is 0.318. The first-order valence-electron chi connectivity index (χ1n) is 7.01. The van der Waals surface area contributed by atoms with Gasteiger partial charge in [-0.05, 0) is 6.42 Å². The maximum Gasteiger partial charge on any atom is 0.224 e. The summed E-state index contributed by atoms with van der Waals surface area (Å²) in [4.78, 5) is 27.4. The number of thioether (sulfide) groups is 1. The molecule has 2 saturated heterocycles. The Hall–Kier alpha value is -0.460. The Morgan fingerprint density at radius 1 is 1.20 bits per heavy atom. The third kappa shape index (κ3) is 5.14. The molecule has 5 nitrogen and oxygen atoms in total. The summed E-state index contributed by atoms with van der Waals surface area (Å²) in [7, 11) is 0. The van der Waals surface area contributed by atoms with Crippen LogP contribution in [-0.2, 0) is 9.59 Å². The third-order valence-corrected chi connectivity index (χ3v) is 4.84. The van der Waals surface area contributed by atoms with Crippen molar-refractivity contribution < 1.29 is 9.59 Å². The first-order valence-corrected chi connectivity index (χ1v) is 8.16. The van der Waals surface area contributed by atoms with Gasteiger partial charge in [0.2, 0.25) is 11.8 Å². The summed E-state index contributed by atoms with van der Waals surface area (Å²) in [5.41, 5.74) is 0. The minimum Gasteiger partial charge on any atom is -0.341 e. The molecule has 0 aromatic carbocycles. The van der Waals surface area contributed by atoms with E-state index in [1.165, 1.54) is 0 Å². The van der Waals surface area contributed by atoms with E-state index in [1.807, 2.05) is 21.6 Å². The van der Waals surface area contributed by atoms with E-state index in [-0.39, 0.29) is 24.2 Å². The summed E-state index contributed by atoms with van der Waals surface area (Å²) < 4.78 is 0. The van der Waals surface area contributed by atoms with Crippen LogP contribution in [-0.4, -0.2) is 71.9 Å². The summed E-state index contributed by atoms with van der Waals surface area (Å²) in [5, 5.41) is 3.40. The van der Waals surface area contributed by atoms with Crippen molar-refractivity contribution >= 4 is 36.0 Å². The summed E-state index contributed by atoms with van der Waals surface area (Å²) in [6.07, 6.45) is 1.48. The minimum atomic E-state index is 0. The number of nitrogens with one attached hydrogen (secondary N) is 1.